The van der Waals surface area contributed by atoms with Gasteiger partial charge in [-0.3, -0.25) is 4.79 Å². The smallest absolute Gasteiger partial charge is 0.271 e. The van der Waals surface area contributed by atoms with E-state index >= 15 is 0 Å². The molecule has 3 rings (SSSR count). The molecule has 2 aromatic rings. The molecular weight excluding hydrogens is 254 g/mol. The maximum atomic E-state index is 11.4. The van der Waals surface area contributed by atoms with Crippen LogP contribution in [0.25, 0.3) is 0 Å². The van der Waals surface area contributed by atoms with Gasteiger partial charge in [-0.25, -0.2) is 9.97 Å². The number of primary amides is 1. The van der Waals surface area contributed by atoms with Crippen LogP contribution in [-0.2, 0) is 13.0 Å². The monoisotopic (exact) mass is 269 g/mol. The highest BCUT2D eigenvalue weighted by Crippen LogP contribution is 2.27. The van der Waals surface area contributed by atoms with E-state index in [2.05, 4.69) is 9.97 Å². The molecule has 4 N–H and O–H groups in total. The summed E-state index contributed by atoms with van der Waals surface area (Å²) in [6, 6.07) is 5.88. The minimum Gasteiger partial charge on any atom is -0.398 e. The zero-order chi connectivity index (χ0) is 14.1. The number of nitrogen functional groups attached to an aromatic ring is 1. The predicted molar refractivity (Wildman–Crippen MR) is 76.2 cm³/mol. The Kier molecular flexibility index (Phi) is 2.98. The number of nitrogens with zero attached hydrogens (tertiary/aromatic N) is 3. The van der Waals surface area contributed by atoms with Gasteiger partial charge in [-0.1, -0.05) is 12.1 Å². The third kappa shape index (κ3) is 2.05. The maximum Gasteiger partial charge on any atom is 0.271 e. The fourth-order valence-electron chi connectivity index (χ4n) is 2.56. The summed E-state index contributed by atoms with van der Waals surface area (Å²) in [6.07, 6.45) is 3.85. The van der Waals surface area contributed by atoms with Crippen LogP contribution in [0.5, 0.6) is 0 Å². The molecule has 2 heterocycles. The first kappa shape index (κ1) is 12.4. The summed E-state index contributed by atoms with van der Waals surface area (Å²) in [5.74, 6) is -0.0282. The van der Waals surface area contributed by atoms with E-state index in [1.165, 1.54) is 11.8 Å². The van der Waals surface area contributed by atoms with E-state index in [1.54, 1.807) is 6.20 Å². The Morgan fingerprint density at radius 2 is 2.05 bits per heavy atom. The fourth-order valence-corrected chi connectivity index (χ4v) is 2.56. The van der Waals surface area contributed by atoms with Crippen molar-refractivity contribution in [2.45, 2.75) is 13.0 Å². The Hall–Kier alpha value is -2.63. The van der Waals surface area contributed by atoms with E-state index in [0.717, 1.165) is 24.2 Å². The van der Waals surface area contributed by atoms with Crippen LogP contribution in [0.3, 0.4) is 0 Å². The van der Waals surface area contributed by atoms with Gasteiger partial charge < -0.3 is 16.4 Å². The van der Waals surface area contributed by atoms with E-state index in [-0.39, 0.29) is 5.69 Å². The van der Waals surface area contributed by atoms with E-state index in [1.807, 2.05) is 23.1 Å². The Morgan fingerprint density at radius 3 is 2.85 bits per heavy atom. The van der Waals surface area contributed by atoms with Crippen molar-refractivity contribution in [2.24, 2.45) is 5.73 Å². The summed E-state index contributed by atoms with van der Waals surface area (Å²) < 4.78 is 0. The molecule has 0 unspecified atom stereocenters. The molecule has 1 aliphatic heterocycles. The normalized spacial score (nSPS) is 13.9. The van der Waals surface area contributed by atoms with Crippen molar-refractivity contribution < 1.29 is 4.79 Å². The molecule has 1 amide bonds. The molecule has 0 radical (unpaired) electrons. The Bertz CT molecular complexity index is 670. The fraction of sp³-hybridized carbons (Fsp3) is 0.214. The van der Waals surface area contributed by atoms with E-state index in [0.29, 0.717) is 12.4 Å². The number of carbonyl (C=O) groups excluding carboxylic acids is 1. The second-order valence-corrected chi connectivity index (χ2v) is 4.75. The first-order valence-corrected chi connectivity index (χ1v) is 6.39. The summed E-state index contributed by atoms with van der Waals surface area (Å²) in [5, 5.41) is 0. The lowest BCUT2D eigenvalue weighted by molar-refractivity contribution is 0.0995. The molecule has 6 heteroatoms. The number of hydrogen-bond donors (Lipinski definition) is 2. The van der Waals surface area contributed by atoms with Crippen LogP contribution in [0.4, 0.5) is 11.5 Å². The zero-order valence-corrected chi connectivity index (χ0v) is 10.9. The highest BCUT2D eigenvalue weighted by Gasteiger charge is 2.23. The van der Waals surface area contributed by atoms with Crippen molar-refractivity contribution in [1.29, 1.82) is 0 Å². The van der Waals surface area contributed by atoms with Gasteiger partial charge in [-0.2, -0.15) is 0 Å². The third-order valence-corrected chi connectivity index (χ3v) is 3.51. The molecule has 1 aliphatic rings. The summed E-state index contributed by atoms with van der Waals surface area (Å²) in [6.45, 7) is 1.39. The molecule has 0 saturated carbocycles. The quantitative estimate of drug-likeness (QED) is 0.783. The summed E-state index contributed by atoms with van der Waals surface area (Å²) in [4.78, 5) is 21.7. The number of hydrogen-bond acceptors (Lipinski definition) is 5. The van der Waals surface area contributed by atoms with Crippen LogP contribution in [-0.4, -0.2) is 22.4 Å². The number of anilines is 2. The molecule has 20 heavy (non-hydrogen) atoms. The highest BCUT2D eigenvalue weighted by atomic mass is 16.1. The van der Waals surface area contributed by atoms with Gasteiger partial charge in [0.25, 0.3) is 5.91 Å². The topological polar surface area (TPSA) is 98.1 Å². The number of carbonyl (C=O) groups is 1. The predicted octanol–water partition coefficient (Wildman–Crippen LogP) is 0.720. The molecule has 0 bridgehead atoms. The number of benzene rings is 1. The molecule has 1 aromatic carbocycles. The van der Waals surface area contributed by atoms with Gasteiger partial charge in [0.2, 0.25) is 0 Å². The van der Waals surface area contributed by atoms with Gasteiger partial charge >= 0.3 is 0 Å². The number of fused-ring (bicyclic) bond motifs is 1. The lowest BCUT2D eigenvalue weighted by Gasteiger charge is -2.30. The van der Waals surface area contributed by atoms with Gasteiger partial charge in [0.05, 0.1) is 0 Å². The lowest BCUT2D eigenvalue weighted by atomic mass is 9.98. The van der Waals surface area contributed by atoms with Crippen LogP contribution in [0, 0.1) is 0 Å². The molecule has 0 fully saturated rings. The van der Waals surface area contributed by atoms with Crippen molar-refractivity contribution in [3.8, 4) is 0 Å². The highest BCUT2D eigenvalue weighted by molar-refractivity contribution is 5.95. The number of amides is 1. The first-order valence-electron chi connectivity index (χ1n) is 6.39. The van der Waals surface area contributed by atoms with Crippen LogP contribution < -0.4 is 16.4 Å². The van der Waals surface area contributed by atoms with Crippen molar-refractivity contribution >= 4 is 17.4 Å². The summed E-state index contributed by atoms with van der Waals surface area (Å²) >= 11 is 0. The lowest BCUT2D eigenvalue weighted by Crippen LogP contribution is -2.33. The number of nitrogens with two attached hydrogens (primary N) is 2. The van der Waals surface area contributed by atoms with Gasteiger partial charge in [-0.05, 0) is 23.6 Å². The van der Waals surface area contributed by atoms with Crippen molar-refractivity contribution in [1.82, 2.24) is 9.97 Å². The number of rotatable bonds is 2. The second-order valence-electron chi connectivity index (χ2n) is 4.75. The molecule has 1 aromatic heterocycles. The van der Waals surface area contributed by atoms with Gasteiger partial charge in [-0.15, -0.1) is 0 Å². The van der Waals surface area contributed by atoms with Crippen LogP contribution in [0.15, 0.2) is 30.6 Å². The molecule has 6 nitrogen and oxygen atoms in total. The molecule has 0 aliphatic carbocycles. The van der Waals surface area contributed by atoms with E-state index in [4.69, 9.17) is 11.5 Å². The Labute approximate surface area is 116 Å². The van der Waals surface area contributed by atoms with Gasteiger partial charge in [0, 0.05) is 31.2 Å². The Morgan fingerprint density at radius 1 is 1.25 bits per heavy atom. The van der Waals surface area contributed by atoms with E-state index in [9.17, 15) is 4.79 Å². The zero-order valence-electron chi connectivity index (χ0n) is 10.9. The minimum absolute atomic E-state index is 0.208. The maximum absolute atomic E-state index is 11.4. The third-order valence-electron chi connectivity index (χ3n) is 3.51. The summed E-state index contributed by atoms with van der Waals surface area (Å²) in [5.41, 5.74) is 14.7. The molecular formula is C14H15N5O. The van der Waals surface area contributed by atoms with Crippen LogP contribution in [0.2, 0.25) is 0 Å². The van der Waals surface area contributed by atoms with Crippen molar-refractivity contribution in [2.75, 3.05) is 17.2 Å². The largest absolute Gasteiger partial charge is 0.398 e. The van der Waals surface area contributed by atoms with Gasteiger partial charge in [0.1, 0.15) is 0 Å². The molecule has 0 atom stereocenters. The minimum atomic E-state index is -0.563. The summed E-state index contributed by atoms with van der Waals surface area (Å²) in [7, 11) is 0. The standard InChI is InChI=1S/C14H15N5O/c15-11-3-1-2-9-8-19(7-4-10(9)11)14-12(13(16)20)17-5-6-18-14/h1-3,5-6H,4,7-8,15H2,(H2,16,20). The first-order chi connectivity index (χ1) is 9.66. The Balaban J connectivity index is 1.97. The van der Waals surface area contributed by atoms with Crippen molar-refractivity contribution in [3.05, 3.63) is 47.4 Å². The van der Waals surface area contributed by atoms with E-state index < -0.39 is 5.91 Å². The molecule has 0 spiro atoms. The van der Waals surface area contributed by atoms with Crippen LogP contribution in [0.1, 0.15) is 21.6 Å². The molecule has 102 valence electrons. The second kappa shape index (κ2) is 4.80. The van der Waals surface area contributed by atoms with Crippen molar-refractivity contribution in [3.63, 3.8) is 0 Å². The molecule has 0 saturated heterocycles. The number of aromatic nitrogens is 2. The SMILES string of the molecule is NC(=O)c1nccnc1N1CCc2c(N)cccc2C1. The average Bonchev–Trinajstić information content (AvgIpc) is 2.47. The van der Waals surface area contributed by atoms with Crippen LogP contribution >= 0.6 is 0 Å². The van der Waals surface area contributed by atoms with Gasteiger partial charge in [0.15, 0.2) is 11.5 Å². The average molecular weight is 269 g/mol.